The van der Waals surface area contributed by atoms with E-state index in [4.69, 9.17) is 0 Å². The average Bonchev–Trinajstić information content (AvgIpc) is 2.94. The van der Waals surface area contributed by atoms with Gasteiger partial charge >= 0.3 is 0 Å². The number of fused-ring (bicyclic) bond motifs is 3. The van der Waals surface area contributed by atoms with E-state index in [-0.39, 0.29) is 5.91 Å². The Morgan fingerprint density at radius 1 is 1.14 bits per heavy atom. The summed E-state index contributed by atoms with van der Waals surface area (Å²) in [6.07, 6.45) is 3.47. The zero-order valence-corrected chi connectivity index (χ0v) is 12.0. The molecule has 0 fully saturated rings. The van der Waals surface area contributed by atoms with E-state index < -0.39 is 0 Å². The van der Waals surface area contributed by atoms with E-state index in [0.29, 0.717) is 12.1 Å². The van der Waals surface area contributed by atoms with Crippen LogP contribution in [0, 0.1) is 0 Å². The molecule has 3 aromatic rings. The van der Waals surface area contributed by atoms with Gasteiger partial charge < -0.3 is 4.90 Å². The minimum absolute atomic E-state index is 0.0155. The van der Waals surface area contributed by atoms with Crippen molar-refractivity contribution in [1.29, 1.82) is 0 Å². The zero-order valence-electron chi connectivity index (χ0n) is 12.0. The number of para-hydroxylation sites is 1. The van der Waals surface area contributed by atoms with Crippen LogP contribution in [0.2, 0.25) is 0 Å². The van der Waals surface area contributed by atoms with Crippen LogP contribution < -0.4 is 0 Å². The first kappa shape index (κ1) is 12.7. The molecule has 6 nitrogen and oxygen atoms in total. The summed E-state index contributed by atoms with van der Waals surface area (Å²) in [5.74, 6) is -0.0155. The van der Waals surface area contributed by atoms with E-state index in [1.807, 2.05) is 36.4 Å². The molecule has 0 spiro atoms. The van der Waals surface area contributed by atoms with Crippen LogP contribution in [0.3, 0.4) is 0 Å². The first-order valence-electron chi connectivity index (χ1n) is 6.95. The number of nitrogens with zero attached hydrogens (tertiary/aromatic N) is 5. The predicted octanol–water partition coefficient (Wildman–Crippen LogP) is 1.91. The van der Waals surface area contributed by atoms with Gasteiger partial charge in [0, 0.05) is 25.0 Å². The Labute approximate surface area is 127 Å². The molecule has 0 N–H and O–H groups in total. The highest BCUT2D eigenvalue weighted by Gasteiger charge is 2.27. The van der Waals surface area contributed by atoms with Crippen molar-refractivity contribution in [3.05, 3.63) is 60.0 Å². The van der Waals surface area contributed by atoms with Gasteiger partial charge in [0.25, 0.3) is 5.91 Å². The van der Waals surface area contributed by atoms with Crippen LogP contribution in [0.1, 0.15) is 16.1 Å². The fourth-order valence-corrected chi connectivity index (χ4v) is 2.71. The van der Waals surface area contributed by atoms with Crippen molar-refractivity contribution in [1.82, 2.24) is 24.9 Å². The number of hydrogen-bond donors (Lipinski definition) is 0. The minimum atomic E-state index is -0.0155. The molecule has 1 amide bonds. The second-order valence-corrected chi connectivity index (χ2v) is 5.22. The van der Waals surface area contributed by atoms with Gasteiger partial charge in [0.05, 0.1) is 23.5 Å². The van der Waals surface area contributed by atoms with Crippen LogP contribution in [0.15, 0.2) is 48.8 Å². The van der Waals surface area contributed by atoms with Crippen LogP contribution in [-0.2, 0) is 6.54 Å². The van der Waals surface area contributed by atoms with Gasteiger partial charge in [-0.3, -0.25) is 9.78 Å². The van der Waals surface area contributed by atoms with Crippen LogP contribution in [0.4, 0.5) is 0 Å². The molecule has 3 heterocycles. The van der Waals surface area contributed by atoms with Gasteiger partial charge in [-0.05, 0) is 24.3 Å². The summed E-state index contributed by atoms with van der Waals surface area (Å²) < 4.78 is 1.75. The highest BCUT2D eigenvalue weighted by atomic mass is 16.2. The number of hydrogen-bond acceptors (Lipinski definition) is 4. The highest BCUT2D eigenvalue weighted by molar-refractivity contribution is 5.98. The molecule has 0 atom stereocenters. The maximum atomic E-state index is 12.5. The van der Waals surface area contributed by atoms with Crippen molar-refractivity contribution in [3.8, 4) is 16.9 Å². The number of pyridine rings is 1. The molecule has 1 aliphatic rings. The van der Waals surface area contributed by atoms with E-state index in [1.165, 1.54) is 0 Å². The third kappa shape index (κ3) is 1.81. The average molecular weight is 291 g/mol. The molecule has 1 aromatic carbocycles. The topological polar surface area (TPSA) is 63.9 Å². The third-order valence-corrected chi connectivity index (χ3v) is 3.79. The number of benzene rings is 1. The predicted molar refractivity (Wildman–Crippen MR) is 80.4 cm³/mol. The summed E-state index contributed by atoms with van der Waals surface area (Å²) in [5, 5.41) is 8.57. The van der Waals surface area contributed by atoms with Gasteiger partial charge in [0.2, 0.25) is 0 Å². The first-order chi connectivity index (χ1) is 10.8. The number of rotatable bonds is 1. The van der Waals surface area contributed by atoms with Crippen molar-refractivity contribution in [2.45, 2.75) is 6.54 Å². The fraction of sp³-hybridized carbons (Fsp3) is 0.125. The lowest BCUT2D eigenvalue weighted by atomic mass is 10.1. The maximum absolute atomic E-state index is 12.5. The molecule has 108 valence electrons. The zero-order chi connectivity index (χ0) is 15.1. The second-order valence-electron chi connectivity index (χ2n) is 5.22. The molecule has 0 aliphatic carbocycles. The SMILES string of the molecule is CN1Cc2c(-c3cccnc3)nnn2-c2ccccc2C1=O. The minimum Gasteiger partial charge on any atom is -0.336 e. The van der Waals surface area contributed by atoms with Crippen molar-refractivity contribution >= 4 is 5.91 Å². The molecule has 6 heteroatoms. The molecule has 22 heavy (non-hydrogen) atoms. The molecule has 1 aliphatic heterocycles. The van der Waals surface area contributed by atoms with Crippen molar-refractivity contribution in [2.75, 3.05) is 7.05 Å². The number of carbonyl (C=O) groups is 1. The molecule has 0 saturated carbocycles. The summed E-state index contributed by atoms with van der Waals surface area (Å²) in [6, 6.07) is 11.3. The second kappa shape index (κ2) is 4.77. The highest BCUT2D eigenvalue weighted by Crippen LogP contribution is 2.28. The Bertz CT molecular complexity index is 856. The molecule has 0 bridgehead atoms. The Morgan fingerprint density at radius 2 is 2.00 bits per heavy atom. The summed E-state index contributed by atoms with van der Waals surface area (Å²) in [6.45, 7) is 0.449. The normalized spacial score (nSPS) is 13.5. The Morgan fingerprint density at radius 3 is 2.82 bits per heavy atom. The summed E-state index contributed by atoms with van der Waals surface area (Å²) in [7, 11) is 1.79. The van der Waals surface area contributed by atoms with Gasteiger partial charge in [0.15, 0.2) is 0 Å². The largest absolute Gasteiger partial charge is 0.336 e. The van der Waals surface area contributed by atoms with Gasteiger partial charge in [-0.15, -0.1) is 5.10 Å². The lowest BCUT2D eigenvalue weighted by Gasteiger charge is -2.14. The Balaban J connectivity index is 1.97. The van der Waals surface area contributed by atoms with Gasteiger partial charge in [-0.25, -0.2) is 4.68 Å². The lowest BCUT2D eigenvalue weighted by molar-refractivity contribution is 0.0788. The Hall–Kier alpha value is -3.02. The fourth-order valence-electron chi connectivity index (χ4n) is 2.71. The number of aromatic nitrogens is 4. The van der Waals surface area contributed by atoms with Gasteiger partial charge in [-0.1, -0.05) is 17.3 Å². The number of carbonyl (C=O) groups excluding carboxylic acids is 1. The van der Waals surface area contributed by atoms with E-state index in [9.17, 15) is 4.79 Å². The first-order valence-corrected chi connectivity index (χ1v) is 6.95. The monoisotopic (exact) mass is 291 g/mol. The smallest absolute Gasteiger partial charge is 0.256 e. The van der Waals surface area contributed by atoms with Crippen molar-refractivity contribution < 1.29 is 4.79 Å². The van der Waals surface area contributed by atoms with Crippen LogP contribution in [0.25, 0.3) is 16.9 Å². The van der Waals surface area contributed by atoms with E-state index in [2.05, 4.69) is 15.3 Å². The van der Waals surface area contributed by atoms with E-state index in [1.54, 1.807) is 29.0 Å². The van der Waals surface area contributed by atoms with Crippen LogP contribution in [0.5, 0.6) is 0 Å². The molecular weight excluding hydrogens is 278 g/mol. The van der Waals surface area contributed by atoms with E-state index in [0.717, 1.165) is 22.6 Å². The molecular formula is C16H13N5O. The lowest BCUT2D eigenvalue weighted by Crippen LogP contribution is -2.25. The molecule has 4 rings (SSSR count). The standard InChI is InChI=1S/C16H13N5O/c1-20-10-14-15(11-5-4-8-17-9-11)18-19-21(14)13-7-3-2-6-12(13)16(20)22/h2-9H,10H2,1H3. The summed E-state index contributed by atoms with van der Waals surface area (Å²) in [4.78, 5) is 18.3. The van der Waals surface area contributed by atoms with E-state index >= 15 is 0 Å². The van der Waals surface area contributed by atoms with Crippen LogP contribution in [-0.4, -0.2) is 37.8 Å². The van der Waals surface area contributed by atoms with Crippen LogP contribution >= 0.6 is 0 Å². The molecule has 0 unspecified atom stereocenters. The third-order valence-electron chi connectivity index (χ3n) is 3.79. The van der Waals surface area contributed by atoms with Crippen molar-refractivity contribution in [2.24, 2.45) is 0 Å². The van der Waals surface area contributed by atoms with Gasteiger partial charge in [0.1, 0.15) is 5.69 Å². The quantitative estimate of drug-likeness (QED) is 0.687. The molecule has 0 radical (unpaired) electrons. The maximum Gasteiger partial charge on any atom is 0.256 e. The van der Waals surface area contributed by atoms with Crippen molar-refractivity contribution in [3.63, 3.8) is 0 Å². The number of amides is 1. The Kier molecular flexibility index (Phi) is 2.75. The molecule has 2 aromatic heterocycles. The molecule has 0 saturated heterocycles. The summed E-state index contributed by atoms with van der Waals surface area (Å²) >= 11 is 0. The van der Waals surface area contributed by atoms with Gasteiger partial charge in [-0.2, -0.15) is 0 Å². The summed E-state index contributed by atoms with van der Waals surface area (Å²) in [5.41, 5.74) is 3.92.